The Kier molecular flexibility index (Phi) is 3.91. The molecule has 5 rings (SSSR count). The van der Waals surface area contributed by atoms with Gasteiger partial charge < -0.3 is 9.88 Å². The first-order valence-electron chi connectivity index (χ1n) is 9.06. The third-order valence-corrected chi connectivity index (χ3v) is 6.60. The lowest BCUT2D eigenvalue weighted by Gasteiger charge is -2.52. The fourth-order valence-electron chi connectivity index (χ4n) is 4.85. The highest BCUT2D eigenvalue weighted by atomic mass is 19.4. The van der Waals surface area contributed by atoms with Gasteiger partial charge in [-0.25, -0.2) is 0 Å². The first kappa shape index (κ1) is 17.5. The Morgan fingerprint density at radius 3 is 2.19 bits per heavy atom. The van der Waals surface area contributed by atoms with Crippen LogP contribution in [0.25, 0.3) is 11.4 Å². The lowest BCUT2D eigenvalue weighted by atomic mass is 9.57. The van der Waals surface area contributed by atoms with Gasteiger partial charge in [0.1, 0.15) is 5.82 Å². The van der Waals surface area contributed by atoms with Crippen molar-refractivity contribution in [3.8, 4) is 11.4 Å². The van der Waals surface area contributed by atoms with Gasteiger partial charge in [0.05, 0.1) is 5.56 Å². The number of benzene rings is 1. The number of nitrogens with one attached hydrogen (secondary N) is 1. The average Bonchev–Trinajstić information content (AvgIpc) is 3.04. The van der Waals surface area contributed by atoms with Gasteiger partial charge in [-0.05, 0) is 51.6 Å². The first-order chi connectivity index (χ1) is 12.3. The number of nitrogens with zero attached hydrogens (tertiary/aromatic N) is 3. The summed E-state index contributed by atoms with van der Waals surface area (Å²) in [4.78, 5) is 0. The van der Waals surface area contributed by atoms with Gasteiger partial charge in [-0.3, -0.25) is 0 Å². The second-order valence-corrected chi connectivity index (χ2v) is 7.76. The summed E-state index contributed by atoms with van der Waals surface area (Å²) in [5.41, 5.74) is -0.410. The Labute approximate surface area is 150 Å². The first-order valence-corrected chi connectivity index (χ1v) is 9.06. The summed E-state index contributed by atoms with van der Waals surface area (Å²) in [5.74, 6) is 1.12. The highest BCUT2D eigenvalue weighted by molar-refractivity contribution is 5.61. The molecule has 0 aliphatic heterocycles. The van der Waals surface area contributed by atoms with E-state index in [4.69, 9.17) is 0 Å². The predicted octanol–water partition coefficient (Wildman–Crippen LogP) is 4.06. The molecule has 0 amide bonds. The summed E-state index contributed by atoms with van der Waals surface area (Å²) in [6, 6.07) is 5.59. The van der Waals surface area contributed by atoms with E-state index in [1.165, 1.54) is 12.1 Å². The SMILES string of the molecule is CNC12CCC(c3nnc(-c4ccccc4C(F)(F)F)n3C)(CC1)CC2. The van der Waals surface area contributed by atoms with Crippen molar-refractivity contribution < 1.29 is 13.2 Å². The Hall–Kier alpha value is -1.89. The number of halogens is 3. The van der Waals surface area contributed by atoms with E-state index >= 15 is 0 Å². The third-order valence-electron chi connectivity index (χ3n) is 6.60. The fourth-order valence-corrected chi connectivity index (χ4v) is 4.85. The maximum absolute atomic E-state index is 13.4. The Morgan fingerprint density at radius 1 is 1.00 bits per heavy atom. The van der Waals surface area contributed by atoms with E-state index in [2.05, 4.69) is 15.5 Å². The van der Waals surface area contributed by atoms with Crippen molar-refractivity contribution in [3.63, 3.8) is 0 Å². The van der Waals surface area contributed by atoms with Crippen LogP contribution in [0, 0.1) is 0 Å². The number of alkyl halides is 3. The van der Waals surface area contributed by atoms with Crippen molar-refractivity contribution >= 4 is 0 Å². The monoisotopic (exact) mass is 364 g/mol. The molecule has 1 N–H and O–H groups in total. The molecular formula is C19H23F3N4. The number of aromatic nitrogens is 3. The topological polar surface area (TPSA) is 42.7 Å². The highest BCUT2D eigenvalue weighted by Gasteiger charge is 2.51. The van der Waals surface area contributed by atoms with Crippen molar-refractivity contribution in [2.75, 3.05) is 7.05 Å². The molecular weight excluding hydrogens is 341 g/mol. The predicted molar refractivity (Wildman–Crippen MR) is 92.6 cm³/mol. The standard InChI is InChI=1S/C19H23F3N4/c1-23-18-10-7-17(8-11-18,9-12-18)16-25-24-15(26(16)2)13-5-3-4-6-14(13)19(20,21)22/h3-6,23H,7-12H2,1-2H3. The van der Waals surface area contributed by atoms with Crippen molar-refractivity contribution in [2.45, 2.75) is 55.7 Å². The van der Waals surface area contributed by atoms with Crippen LogP contribution in [0.15, 0.2) is 24.3 Å². The Morgan fingerprint density at radius 2 is 1.62 bits per heavy atom. The van der Waals surface area contributed by atoms with Gasteiger partial charge in [0.15, 0.2) is 5.82 Å². The van der Waals surface area contributed by atoms with Gasteiger partial charge in [-0.2, -0.15) is 13.2 Å². The Balaban J connectivity index is 1.74. The summed E-state index contributed by atoms with van der Waals surface area (Å²) < 4.78 is 42.0. The van der Waals surface area contributed by atoms with Crippen LogP contribution in [0.2, 0.25) is 0 Å². The molecule has 0 spiro atoms. The van der Waals surface area contributed by atoms with Crippen molar-refractivity contribution in [1.29, 1.82) is 0 Å². The molecule has 0 atom stereocenters. The Bertz CT molecular complexity index is 800. The van der Waals surface area contributed by atoms with E-state index in [0.717, 1.165) is 50.4 Å². The summed E-state index contributed by atoms with van der Waals surface area (Å²) in [7, 11) is 3.81. The molecule has 1 aromatic carbocycles. The molecule has 0 saturated heterocycles. The van der Waals surface area contributed by atoms with Crippen LogP contribution in [0.1, 0.15) is 49.9 Å². The van der Waals surface area contributed by atoms with Crippen molar-refractivity contribution in [1.82, 2.24) is 20.1 Å². The molecule has 2 bridgehead atoms. The van der Waals surface area contributed by atoms with E-state index in [0.29, 0.717) is 5.82 Å². The smallest absolute Gasteiger partial charge is 0.314 e. The second kappa shape index (κ2) is 5.81. The second-order valence-electron chi connectivity index (χ2n) is 7.76. The zero-order valence-corrected chi connectivity index (χ0v) is 15.0. The van der Waals surface area contributed by atoms with E-state index in [-0.39, 0.29) is 16.5 Å². The van der Waals surface area contributed by atoms with Crippen molar-refractivity contribution in [2.24, 2.45) is 7.05 Å². The summed E-state index contributed by atoms with van der Waals surface area (Å²) in [6.07, 6.45) is 1.81. The molecule has 26 heavy (non-hydrogen) atoms. The normalized spacial score (nSPS) is 28.5. The lowest BCUT2D eigenvalue weighted by molar-refractivity contribution is -0.137. The molecule has 2 aromatic rings. The van der Waals surface area contributed by atoms with Crippen LogP contribution in [0.4, 0.5) is 13.2 Å². The fraction of sp³-hybridized carbons (Fsp3) is 0.579. The molecule has 3 saturated carbocycles. The summed E-state index contributed by atoms with van der Waals surface area (Å²) in [6.45, 7) is 0. The molecule has 1 aromatic heterocycles. The van der Waals surface area contributed by atoms with Gasteiger partial charge in [-0.1, -0.05) is 18.2 Å². The maximum Gasteiger partial charge on any atom is 0.417 e. The zero-order valence-electron chi connectivity index (χ0n) is 15.0. The number of rotatable bonds is 3. The third kappa shape index (κ3) is 2.55. The number of fused-ring (bicyclic) bond motifs is 3. The van der Waals surface area contributed by atoms with E-state index in [1.807, 2.05) is 7.05 Å². The van der Waals surface area contributed by atoms with E-state index < -0.39 is 11.7 Å². The minimum atomic E-state index is -4.41. The van der Waals surface area contributed by atoms with Crippen molar-refractivity contribution in [3.05, 3.63) is 35.7 Å². The quantitative estimate of drug-likeness (QED) is 0.893. The van der Waals surface area contributed by atoms with E-state index in [1.54, 1.807) is 17.7 Å². The molecule has 7 heteroatoms. The van der Waals surface area contributed by atoms with Crippen LogP contribution in [-0.2, 0) is 18.6 Å². The largest absolute Gasteiger partial charge is 0.417 e. The summed E-state index contributed by atoms with van der Waals surface area (Å²) in [5, 5.41) is 12.0. The highest BCUT2D eigenvalue weighted by Crippen LogP contribution is 2.53. The van der Waals surface area contributed by atoms with Gasteiger partial charge in [0, 0.05) is 23.6 Å². The molecule has 3 fully saturated rings. The maximum atomic E-state index is 13.4. The number of hydrogen-bond donors (Lipinski definition) is 1. The molecule has 0 radical (unpaired) electrons. The minimum Gasteiger partial charge on any atom is -0.314 e. The minimum absolute atomic E-state index is 0.0637. The molecule has 0 unspecified atom stereocenters. The molecule has 3 aliphatic rings. The van der Waals surface area contributed by atoms with Gasteiger partial charge in [0.2, 0.25) is 0 Å². The van der Waals surface area contributed by atoms with Crippen LogP contribution < -0.4 is 5.32 Å². The summed E-state index contributed by atoms with van der Waals surface area (Å²) >= 11 is 0. The zero-order chi connectivity index (χ0) is 18.6. The van der Waals surface area contributed by atoms with Crippen LogP contribution >= 0.6 is 0 Å². The average molecular weight is 364 g/mol. The molecule has 1 heterocycles. The van der Waals surface area contributed by atoms with Gasteiger partial charge in [0.25, 0.3) is 0 Å². The van der Waals surface area contributed by atoms with Gasteiger partial charge >= 0.3 is 6.18 Å². The molecule has 3 aliphatic carbocycles. The van der Waals surface area contributed by atoms with Crippen LogP contribution in [-0.4, -0.2) is 27.4 Å². The van der Waals surface area contributed by atoms with Crippen LogP contribution in [0.5, 0.6) is 0 Å². The van der Waals surface area contributed by atoms with E-state index in [9.17, 15) is 13.2 Å². The van der Waals surface area contributed by atoms with Gasteiger partial charge in [-0.15, -0.1) is 10.2 Å². The lowest BCUT2D eigenvalue weighted by Crippen LogP contribution is -2.55. The number of hydrogen-bond acceptors (Lipinski definition) is 3. The molecule has 4 nitrogen and oxygen atoms in total. The molecule has 140 valence electrons. The van der Waals surface area contributed by atoms with Crippen LogP contribution in [0.3, 0.4) is 0 Å².